The highest BCUT2D eigenvalue weighted by Gasteiger charge is 2.32. The number of carbonyl (C=O) groups is 1. The van der Waals surface area contributed by atoms with Gasteiger partial charge in [0.2, 0.25) is 0 Å². The molecule has 2 N–H and O–H groups in total. The molecule has 2 heterocycles. The molecular weight excluding hydrogens is 318 g/mol. The van der Waals surface area contributed by atoms with Gasteiger partial charge in [0.15, 0.2) is 0 Å². The van der Waals surface area contributed by atoms with Crippen molar-refractivity contribution in [3.63, 3.8) is 0 Å². The van der Waals surface area contributed by atoms with Crippen molar-refractivity contribution in [3.05, 3.63) is 29.8 Å². The normalized spacial score (nSPS) is 24.4. The average Bonchev–Trinajstić information content (AvgIpc) is 3.07. The van der Waals surface area contributed by atoms with E-state index in [-0.39, 0.29) is 18.2 Å². The molecule has 2 saturated heterocycles. The summed E-state index contributed by atoms with van der Waals surface area (Å²) in [5.74, 6) is 0.815. The van der Waals surface area contributed by atoms with Crippen molar-refractivity contribution in [1.82, 2.24) is 15.5 Å². The zero-order valence-corrected chi connectivity index (χ0v) is 15.2. The van der Waals surface area contributed by atoms with Crippen molar-refractivity contribution in [2.45, 2.75) is 44.9 Å². The lowest BCUT2D eigenvalue weighted by molar-refractivity contribution is -0.0458. The van der Waals surface area contributed by atoms with Crippen LogP contribution in [0.4, 0.5) is 4.79 Å². The molecule has 2 aliphatic heterocycles. The number of urea groups is 1. The van der Waals surface area contributed by atoms with Crippen LogP contribution < -0.4 is 15.4 Å². The number of morpholine rings is 1. The van der Waals surface area contributed by atoms with Gasteiger partial charge in [-0.2, -0.15) is 0 Å². The lowest BCUT2D eigenvalue weighted by Gasteiger charge is -2.35. The monoisotopic (exact) mass is 347 g/mol. The van der Waals surface area contributed by atoms with Gasteiger partial charge in [0.1, 0.15) is 12.4 Å². The van der Waals surface area contributed by atoms with E-state index in [1.54, 1.807) is 0 Å². The van der Waals surface area contributed by atoms with Gasteiger partial charge in [-0.1, -0.05) is 17.7 Å². The second-order valence-electron chi connectivity index (χ2n) is 7.13. The Balaban J connectivity index is 1.32. The summed E-state index contributed by atoms with van der Waals surface area (Å²) in [4.78, 5) is 14.5. The summed E-state index contributed by atoms with van der Waals surface area (Å²) in [5, 5.41) is 5.81. The van der Waals surface area contributed by atoms with Crippen LogP contribution in [-0.4, -0.2) is 62.0 Å². The molecule has 3 rings (SSSR count). The quantitative estimate of drug-likeness (QED) is 0.825. The van der Waals surface area contributed by atoms with Crippen LogP contribution >= 0.6 is 0 Å². The van der Waals surface area contributed by atoms with E-state index in [9.17, 15) is 4.79 Å². The molecule has 1 aromatic carbocycles. The van der Waals surface area contributed by atoms with E-state index in [0.717, 1.165) is 25.4 Å². The van der Waals surface area contributed by atoms with Crippen LogP contribution in [0.2, 0.25) is 0 Å². The fourth-order valence-corrected chi connectivity index (χ4v) is 3.39. The van der Waals surface area contributed by atoms with E-state index in [1.807, 2.05) is 38.1 Å². The summed E-state index contributed by atoms with van der Waals surface area (Å²) in [6.07, 6.45) is 2.57. The van der Waals surface area contributed by atoms with Gasteiger partial charge in [-0.05, 0) is 45.4 Å². The summed E-state index contributed by atoms with van der Waals surface area (Å²) in [6, 6.07) is 8.24. The average molecular weight is 347 g/mol. The van der Waals surface area contributed by atoms with Gasteiger partial charge in [0.05, 0.1) is 18.8 Å². The SMILES string of the molecule is Cc1ccc(OC[C@H](C)NC(=O)NC[C@H]2CN3CCC[C@H]3CO2)cc1. The number of ether oxygens (including phenoxy) is 2. The summed E-state index contributed by atoms with van der Waals surface area (Å²) < 4.78 is 11.5. The minimum absolute atomic E-state index is 0.0726. The molecule has 138 valence electrons. The molecule has 6 heteroatoms. The van der Waals surface area contributed by atoms with Gasteiger partial charge >= 0.3 is 6.03 Å². The molecule has 0 radical (unpaired) electrons. The van der Waals surface area contributed by atoms with Gasteiger partial charge < -0.3 is 20.1 Å². The molecule has 25 heavy (non-hydrogen) atoms. The highest BCUT2D eigenvalue weighted by atomic mass is 16.5. The van der Waals surface area contributed by atoms with E-state index in [4.69, 9.17) is 9.47 Å². The minimum Gasteiger partial charge on any atom is -0.491 e. The second kappa shape index (κ2) is 8.54. The van der Waals surface area contributed by atoms with Gasteiger partial charge in [-0.3, -0.25) is 4.90 Å². The molecule has 2 fully saturated rings. The van der Waals surface area contributed by atoms with E-state index < -0.39 is 0 Å². The first-order chi connectivity index (χ1) is 12.1. The lowest BCUT2D eigenvalue weighted by atomic mass is 10.2. The Kier molecular flexibility index (Phi) is 6.15. The first-order valence-corrected chi connectivity index (χ1v) is 9.19. The van der Waals surface area contributed by atoms with Crippen LogP contribution in [0.5, 0.6) is 5.75 Å². The maximum atomic E-state index is 12.0. The maximum Gasteiger partial charge on any atom is 0.315 e. The zero-order valence-electron chi connectivity index (χ0n) is 15.2. The maximum absolute atomic E-state index is 12.0. The molecule has 2 amide bonds. The predicted octanol–water partition coefficient (Wildman–Crippen LogP) is 1.92. The molecule has 0 saturated carbocycles. The molecule has 1 aromatic rings. The van der Waals surface area contributed by atoms with Gasteiger partial charge in [0, 0.05) is 19.1 Å². The molecular formula is C19H29N3O3. The summed E-state index contributed by atoms with van der Waals surface area (Å²) >= 11 is 0. The van der Waals surface area contributed by atoms with Gasteiger partial charge in [-0.15, -0.1) is 0 Å². The predicted molar refractivity (Wildman–Crippen MR) is 97.0 cm³/mol. The first kappa shape index (κ1) is 18.0. The number of hydrogen-bond acceptors (Lipinski definition) is 4. The number of nitrogens with one attached hydrogen (secondary N) is 2. The van der Waals surface area contributed by atoms with Crippen LogP contribution in [0.15, 0.2) is 24.3 Å². The van der Waals surface area contributed by atoms with Gasteiger partial charge in [0.25, 0.3) is 0 Å². The standard InChI is InChI=1S/C19H29N3O3/c1-14-5-7-17(8-6-14)24-12-15(2)21-19(23)20-10-18-11-22-9-3-4-16(22)13-25-18/h5-8,15-16,18H,3-4,9-13H2,1-2H3,(H2,20,21,23)/t15-,16-,18-/m0/s1. The van der Waals surface area contributed by atoms with Crippen molar-refractivity contribution in [2.75, 3.05) is 32.8 Å². The molecule has 0 spiro atoms. The van der Waals surface area contributed by atoms with Crippen molar-refractivity contribution < 1.29 is 14.3 Å². The molecule has 0 aliphatic carbocycles. The van der Waals surface area contributed by atoms with Crippen LogP contribution in [0.3, 0.4) is 0 Å². The van der Waals surface area contributed by atoms with Crippen LogP contribution in [0.1, 0.15) is 25.3 Å². The topological polar surface area (TPSA) is 62.8 Å². The third kappa shape index (κ3) is 5.34. The number of rotatable bonds is 6. The highest BCUT2D eigenvalue weighted by Crippen LogP contribution is 2.22. The van der Waals surface area contributed by atoms with E-state index in [1.165, 1.54) is 18.4 Å². The number of nitrogens with zero attached hydrogens (tertiary/aromatic N) is 1. The number of carbonyl (C=O) groups excluding carboxylic acids is 1. The van der Waals surface area contributed by atoms with E-state index in [2.05, 4.69) is 15.5 Å². The number of hydrogen-bond donors (Lipinski definition) is 2. The molecule has 2 aliphatic rings. The van der Waals surface area contributed by atoms with Crippen molar-refractivity contribution in [3.8, 4) is 5.75 Å². The molecule has 0 unspecified atom stereocenters. The minimum atomic E-state index is -0.174. The van der Waals surface area contributed by atoms with E-state index >= 15 is 0 Å². The largest absolute Gasteiger partial charge is 0.491 e. The Morgan fingerprint density at radius 2 is 2.20 bits per heavy atom. The Bertz CT molecular complexity index is 564. The molecule has 3 atom stereocenters. The zero-order chi connectivity index (χ0) is 17.6. The van der Waals surface area contributed by atoms with Gasteiger partial charge in [-0.25, -0.2) is 4.79 Å². The van der Waals surface area contributed by atoms with Crippen LogP contribution in [0.25, 0.3) is 0 Å². The van der Waals surface area contributed by atoms with Crippen molar-refractivity contribution in [2.24, 2.45) is 0 Å². The third-order valence-electron chi connectivity index (χ3n) is 4.85. The smallest absolute Gasteiger partial charge is 0.315 e. The Morgan fingerprint density at radius 3 is 3.00 bits per heavy atom. The fraction of sp³-hybridized carbons (Fsp3) is 0.632. The molecule has 0 aromatic heterocycles. The summed E-state index contributed by atoms with van der Waals surface area (Å²) in [6.45, 7) is 7.81. The lowest BCUT2D eigenvalue weighted by Crippen LogP contribution is -2.52. The number of benzene rings is 1. The third-order valence-corrected chi connectivity index (χ3v) is 4.85. The number of fused-ring (bicyclic) bond motifs is 1. The summed E-state index contributed by atoms with van der Waals surface area (Å²) in [5.41, 5.74) is 1.20. The molecule has 0 bridgehead atoms. The van der Waals surface area contributed by atoms with Crippen LogP contribution in [0, 0.1) is 6.92 Å². The molecule has 6 nitrogen and oxygen atoms in total. The Labute approximate surface area is 149 Å². The first-order valence-electron chi connectivity index (χ1n) is 9.19. The number of amides is 2. The van der Waals surface area contributed by atoms with Crippen LogP contribution in [-0.2, 0) is 4.74 Å². The summed E-state index contributed by atoms with van der Waals surface area (Å²) in [7, 11) is 0. The fourth-order valence-electron chi connectivity index (χ4n) is 3.39. The number of aryl methyl sites for hydroxylation is 1. The Morgan fingerprint density at radius 1 is 1.40 bits per heavy atom. The van der Waals surface area contributed by atoms with Crippen molar-refractivity contribution in [1.29, 1.82) is 0 Å². The Hall–Kier alpha value is -1.79. The second-order valence-corrected chi connectivity index (χ2v) is 7.13. The van der Waals surface area contributed by atoms with Crippen molar-refractivity contribution >= 4 is 6.03 Å². The highest BCUT2D eigenvalue weighted by molar-refractivity contribution is 5.74. The van der Waals surface area contributed by atoms with E-state index in [0.29, 0.717) is 19.2 Å².